The van der Waals surface area contributed by atoms with E-state index >= 15 is 0 Å². The summed E-state index contributed by atoms with van der Waals surface area (Å²) >= 11 is 1.71. The molecule has 0 unspecified atom stereocenters. The number of aliphatic hydroxyl groups excluding tert-OH is 1. The Morgan fingerprint density at radius 2 is 1.50 bits per heavy atom. The van der Waals surface area contributed by atoms with E-state index in [9.17, 15) is 14.7 Å². The van der Waals surface area contributed by atoms with Crippen molar-refractivity contribution >= 4 is 29.3 Å². The van der Waals surface area contributed by atoms with Gasteiger partial charge in [-0.2, -0.15) is 0 Å². The molecule has 3 N–H and O–H groups in total. The molecule has 4 atom stereocenters. The Hall–Kier alpha value is -3.95. The van der Waals surface area contributed by atoms with Gasteiger partial charge in [0.25, 0.3) is 0 Å². The number of aliphatic hydroxyl groups is 1. The summed E-state index contributed by atoms with van der Waals surface area (Å²) in [5.74, 6) is 0.630. The third kappa shape index (κ3) is 7.95. The van der Waals surface area contributed by atoms with Gasteiger partial charge < -0.3 is 25.2 Å². The molecule has 228 valence electrons. The normalized spacial score (nSPS) is 19.7. The molecule has 0 aliphatic carbocycles. The molecule has 0 saturated carbocycles. The molecule has 2 amide bonds. The van der Waals surface area contributed by atoms with Gasteiger partial charge >= 0.3 is 0 Å². The third-order valence-corrected chi connectivity index (χ3v) is 8.85. The molecular formula is C36H38N2O5S. The van der Waals surface area contributed by atoms with Crippen LogP contribution in [-0.2, 0) is 32.2 Å². The monoisotopic (exact) mass is 610 g/mol. The van der Waals surface area contributed by atoms with Gasteiger partial charge in [-0.15, -0.1) is 11.8 Å². The topological polar surface area (TPSA) is 96.9 Å². The number of rotatable bonds is 10. The largest absolute Gasteiger partial charge is 0.392 e. The van der Waals surface area contributed by atoms with E-state index in [0.29, 0.717) is 6.54 Å². The number of hydrogen-bond donors (Lipinski definition) is 3. The van der Waals surface area contributed by atoms with Crippen LogP contribution in [0.2, 0.25) is 0 Å². The van der Waals surface area contributed by atoms with Crippen LogP contribution in [0.3, 0.4) is 0 Å². The summed E-state index contributed by atoms with van der Waals surface area (Å²) in [6.45, 7) is 5.63. The Morgan fingerprint density at radius 3 is 2.16 bits per heavy atom. The highest BCUT2D eigenvalue weighted by Gasteiger charge is 2.38. The second-order valence-electron chi connectivity index (χ2n) is 11.0. The van der Waals surface area contributed by atoms with Crippen LogP contribution in [0, 0.1) is 5.92 Å². The van der Waals surface area contributed by atoms with Gasteiger partial charge in [-0.1, -0.05) is 79.7 Å². The van der Waals surface area contributed by atoms with Crippen molar-refractivity contribution in [3.05, 3.63) is 119 Å². The van der Waals surface area contributed by atoms with Gasteiger partial charge in [0.05, 0.1) is 18.8 Å². The Kier molecular flexibility index (Phi) is 10.5. The molecule has 1 aliphatic rings. The van der Waals surface area contributed by atoms with Crippen molar-refractivity contribution in [1.82, 2.24) is 5.32 Å². The van der Waals surface area contributed by atoms with Crippen LogP contribution in [0.1, 0.15) is 55.4 Å². The molecule has 4 aromatic carbocycles. The third-order valence-electron chi connectivity index (χ3n) is 7.75. The lowest BCUT2D eigenvalue weighted by Gasteiger charge is -2.41. The van der Waals surface area contributed by atoms with E-state index in [4.69, 9.17) is 9.47 Å². The number of carbonyl (C=O) groups is 2. The van der Waals surface area contributed by atoms with E-state index in [1.165, 1.54) is 13.8 Å². The quantitative estimate of drug-likeness (QED) is 0.167. The van der Waals surface area contributed by atoms with Crippen molar-refractivity contribution in [3.8, 4) is 11.1 Å². The van der Waals surface area contributed by atoms with Crippen molar-refractivity contribution < 1.29 is 24.2 Å². The minimum Gasteiger partial charge on any atom is -0.392 e. The fourth-order valence-corrected chi connectivity index (χ4v) is 6.39. The second-order valence-corrected chi connectivity index (χ2v) is 12.1. The molecule has 5 rings (SSSR count). The van der Waals surface area contributed by atoms with E-state index in [1.807, 2.05) is 78.9 Å². The molecule has 1 heterocycles. The highest BCUT2D eigenvalue weighted by Crippen LogP contribution is 2.43. The van der Waals surface area contributed by atoms with Crippen molar-refractivity contribution in [1.29, 1.82) is 0 Å². The minimum absolute atomic E-state index is 0.00657. The van der Waals surface area contributed by atoms with E-state index < -0.39 is 6.29 Å². The van der Waals surface area contributed by atoms with Gasteiger partial charge in [0.15, 0.2) is 6.29 Å². The lowest BCUT2D eigenvalue weighted by atomic mass is 9.91. The van der Waals surface area contributed by atoms with E-state index in [2.05, 4.69) is 35.8 Å². The summed E-state index contributed by atoms with van der Waals surface area (Å²) in [5.41, 5.74) is 6.74. The van der Waals surface area contributed by atoms with Gasteiger partial charge in [0, 0.05) is 48.2 Å². The lowest BCUT2D eigenvalue weighted by molar-refractivity contribution is -0.268. The summed E-state index contributed by atoms with van der Waals surface area (Å²) < 4.78 is 13.3. The number of amides is 2. The Balaban J connectivity index is 1.36. The van der Waals surface area contributed by atoms with Crippen LogP contribution >= 0.6 is 11.8 Å². The van der Waals surface area contributed by atoms with Gasteiger partial charge in [-0.25, -0.2) is 0 Å². The number of anilines is 1. The molecule has 0 bridgehead atoms. The maximum absolute atomic E-state index is 11.5. The average molecular weight is 611 g/mol. The first-order valence-corrected chi connectivity index (χ1v) is 15.7. The highest BCUT2D eigenvalue weighted by atomic mass is 32.2. The standard InChI is InChI=1S/C36H38N2O5S/c1-23-34(22-44-32-18-16-31(17-19-32)38-25(3)41)42-36(43-35(23)28-10-8-26(21-39)9-11-28)29-14-12-27(13-15-29)33-7-5-4-6-30(33)20-37-24(2)40/h4-19,23,34-36,39H,20-22H2,1-3H3,(H,37,40)(H,38,41)/t23-,34+,35+,36+/m0/s1. The fraction of sp³-hybridized carbons (Fsp3) is 0.278. The molecule has 0 aromatic heterocycles. The van der Waals surface area contributed by atoms with Gasteiger partial charge in [-0.3, -0.25) is 9.59 Å². The maximum Gasteiger partial charge on any atom is 0.221 e. The van der Waals surface area contributed by atoms with Crippen LogP contribution in [0.15, 0.2) is 102 Å². The highest BCUT2D eigenvalue weighted by molar-refractivity contribution is 7.99. The Morgan fingerprint density at radius 1 is 0.818 bits per heavy atom. The summed E-state index contributed by atoms with van der Waals surface area (Å²) in [5, 5.41) is 15.2. The zero-order chi connectivity index (χ0) is 31.1. The first kappa shape index (κ1) is 31.5. The van der Waals surface area contributed by atoms with Crippen molar-refractivity contribution in [3.63, 3.8) is 0 Å². The van der Waals surface area contributed by atoms with E-state index in [1.54, 1.807) is 11.8 Å². The summed E-state index contributed by atoms with van der Waals surface area (Å²) in [6.07, 6.45) is -0.869. The first-order chi connectivity index (χ1) is 21.3. The molecule has 4 aromatic rings. The van der Waals surface area contributed by atoms with E-state index in [0.717, 1.165) is 49.7 Å². The van der Waals surface area contributed by atoms with Crippen LogP contribution in [-0.4, -0.2) is 28.8 Å². The summed E-state index contributed by atoms with van der Waals surface area (Å²) in [7, 11) is 0. The van der Waals surface area contributed by atoms with Crippen molar-refractivity contribution in [2.45, 2.75) is 57.3 Å². The van der Waals surface area contributed by atoms with Crippen molar-refractivity contribution in [2.24, 2.45) is 5.92 Å². The summed E-state index contributed by atoms with van der Waals surface area (Å²) in [6, 6.07) is 32.0. The van der Waals surface area contributed by atoms with E-state index in [-0.39, 0.29) is 36.5 Å². The Bertz CT molecular complexity index is 1560. The van der Waals surface area contributed by atoms with Gasteiger partial charge in [0.1, 0.15) is 0 Å². The molecule has 1 fully saturated rings. The maximum atomic E-state index is 11.5. The molecule has 0 radical (unpaired) electrons. The number of hydrogen-bond acceptors (Lipinski definition) is 6. The van der Waals surface area contributed by atoms with Gasteiger partial charge in [0.2, 0.25) is 11.8 Å². The zero-order valence-electron chi connectivity index (χ0n) is 25.2. The Labute approximate surface area is 263 Å². The number of thioether (sulfide) groups is 1. The number of benzene rings is 4. The molecule has 1 aliphatic heterocycles. The number of ether oxygens (including phenoxy) is 2. The molecule has 44 heavy (non-hydrogen) atoms. The molecule has 7 nitrogen and oxygen atoms in total. The van der Waals surface area contributed by atoms with Gasteiger partial charge in [-0.05, 0) is 52.1 Å². The molecule has 0 spiro atoms. The minimum atomic E-state index is -0.565. The fourth-order valence-electron chi connectivity index (χ4n) is 5.32. The second kappa shape index (κ2) is 14.7. The van der Waals surface area contributed by atoms with Crippen LogP contribution in [0.5, 0.6) is 0 Å². The molecule has 1 saturated heterocycles. The smallest absolute Gasteiger partial charge is 0.221 e. The SMILES string of the molecule is CC(=O)NCc1ccccc1-c1ccc([C@@H]2O[C@H](CSc3ccc(NC(C)=O)cc3)[C@H](C)[C@H](c3ccc(CO)cc3)O2)cc1. The van der Waals surface area contributed by atoms with Crippen LogP contribution < -0.4 is 10.6 Å². The van der Waals surface area contributed by atoms with Crippen molar-refractivity contribution in [2.75, 3.05) is 11.1 Å². The first-order valence-electron chi connectivity index (χ1n) is 14.7. The van der Waals surface area contributed by atoms with Crippen LogP contribution in [0.25, 0.3) is 11.1 Å². The molecular weight excluding hydrogens is 572 g/mol. The predicted octanol–water partition coefficient (Wildman–Crippen LogP) is 7.02. The number of nitrogens with one attached hydrogen (secondary N) is 2. The number of carbonyl (C=O) groups excluding carboxylic acids is 2. The zero-order valence-corrected chi connectivity index (χ0v) is 26.0. The van der Waals surface area contributed by atoms with Crippen LogP contribution in [0.4, 0.5) is 5.69 Å². The average Bonchev–Trinajstić information content (AvgIpc) is 3.04. The predicted molar refractivity (Wildman–Crippen MR) is 174 cm³/mol. The molecule has 8 heteroatoms. The summed E-state index contributed by atoms with van der Waals surface area (Å²) in [4.78, 5) is 24.0. The lowest BCUT2D eigenvalue weighted by Crippen LogP contribution is -2.38.